The maximum Gasteiger partial charge on any atom is 0.410 e. The Labute approximate surface area is 73.7 Å². The van der Waals surface area contributed by atoms with E-state index in [1.54, 1.807) is 0 Å². The number of rotatable bonds is 1. The summed E-state index contributed by atoms with van der Waals surface area (Å²) in [6, 6.07) is 0.693. The fourth-order valence-corrected chi connectivity index (χ4v) is 1.75. The van der Waals surface area contributed by atoms with Crippen LogP contribution in [0.1, 0.15) is 33.6 Å². The normalized spacial score (nSPS) is 29.1. The molecule has 0 spiro atoms. The highest BCUT2D eigenvalue weighted by Gasteiger charge is 2.31. The molecule has 3 heteroatoms. The summed E-state index contributed by atoms with van der Waals surface area (Å²) in [5.41, 5.74) is 0. The number of nitrogens with zero attached hydrogens (tertiary/aromatic N) is 1. The van der Waals surface area contributed by atoms with Crippen LogP contribution >= 0.6 is 0 Å². The molecule has 70 valence electrons. The summed E-state index contributed by atoms with van der Waals surface area (Å²) >= 11 is 0. The molecule has 1 saturated heterocycles. The maximum absolute atomic E-state index is 11.4. The molecule has 2 atom stereocenters. The molecule has 2 unspecified atom stereocenters. The topological polar surface area (TPSA) is 29.5 Å². The standard InChI is InChI=1S/C9H17NO2/c1-4-12-9(11)10-7(2)5-6-8(10)3/h7-8H,4-6H2,1-3H3. The largest absolute Gasteiger partial charge is 0.450 e. The summed E-state index contributed by atoms with van der Waals surface area (Å²) in [5.74, 6) is 0. The number of carbonyl (C=O) groups is 1. The van der Waals surface area contributed by atoms with E-state index in [2.05, 4.69) is 13.8 Å². The predicted molar refractivity (Wildman–Crippen MR) is 47.0 cm³/mol. The number of carbonyl (C=O) groups excluding carboxylic acids is 1. The lowest BCUT2D eigenvalue weighted by Crippen LogP contribution is -2.38. The lowest BCUT2D eigenvalue weighted by atomic mass is 10.2. The van der Waals surface area contributed by atoms with Gasteiger partial charge in [-0.1, -0.05) is 0 Å². The Morgan fingerprint density at radius 1 is 1.42 bits per heavy atom. The molecule has 0 aromatic rings. The molecular formula is C9H17NO2. The Morgan fingerprint density at radius 2 is 1.92 bits per heavy atom. The van der Waals surface area contributed by atoms with Crippen molar-refractivity contribution in [3.05, 3.63) is 0 Å². The van der Waals surface area contributed by atoms with Crippen molar-refractivity contribution in [1.29, 1.82) is 0 Å². The minimum atomic E-state index is -0.157. The first-order chi connectivity index (χ1) is 5.66. The van der Waals surface area contributed by atoms with Gasteiger partial charge in [0.1, 0.15) is 0 Å². The van der Waals surface area contributed by atoms with E-state index in [4.69, 9.17) is 4.74 Å². The van der Waals surface area contributed by atoms with Gasteiger partial charge < -0.3 is 9.64 Å². The van der Waals surface area contributed by atoms with E-state index in [1.807, 2.05) is 11.8 Å². The third-order valence-electron chi connectivity index (χ3n) is 2.43. The lowest BCUT2D eigenvalue weighted by Gasteiger charge is -2.24. The van der Waals surface area contributed by atoms with E-state index in [-0.39, 0.29) is 6.09 Å². The van der Waals surface area contributed by atoms with E-state index in [1.165, 1.54) is 0 Å². The summed E-state index contributed by atoms with van der Waals surface area (Å²) in [4.78, 5) is 13.2. The summed E-state index contributed by atoms with van der Waals surface area (Å²) in [5, 5.41) is 0. The molecule has 1 heterocycles. The quantitative estimate of drug-likeness (QED) is 0.604. The van der Waals surface area contributed by atoms with Crippen molar-refractivity contribution in [3.63, 3.8) is 0 Å². The second-order valence-corrected chi connectivity index (χ2v) is 3.38. The second kappa shape index (κ2) is 3.78. The molecule has 0 saturated carbocycles. The molecule has 0 aliphatic carbocycles. The van der Waals surface area contributed by atoms with E-state index >= 15 is 0 Å². The average molecular weight is 171 g/mol. The highest BCUT2D eigenvalue weighted by molar-refractivity contribution is 5.68. The third kappa shape index (κ3) is 1.71. The van der Waals surface area contributed by atoms with Gasteiger partial charge in [0.05, 0.1) is 6.61 Å². The number of hydrogen-bond acceptors (Lipinski definition) is 2. The minimum absolute atomic E-state index is 0.157. The lowest BCUT2D eigenvalue weighted by molar-refractivity contribution is 0.0934. The first-order valence-corrected chi connectivity index (χ1v) is 4.62. The molecule has 1 aliphatic rings. The number of ether oxygens (including phenoxy) is 1. The van der Waals surface area contributed by atoms with Crippen molar-refractivity contribution in [3.8, 4) is 0 Å². The van der Waals surface area contributed by atoms with Crippen LogP contribution in [0.2, 0.25) is 0 Å². The molecule has 0 radical (unpaired) electrons. The van der Waals surface area contributed by atoms with Gasteiger partial charge >= 0.3 is 6.09 Å². The molecule has 1 fully saturated rings. The first kappa shape index (κ1) is 9.36. The summed E-state index contributed by atoms with van der Waals surface area (Å²) in [6.45, 7) is 6.44. The van der Waals surface area contributed by atoms with Crippen LogP contribution in [0.3, 0.4) is 0 Å². The van der Waals surface area contributed by atoms with E-state index in [0.717, 1.165) is 12.8 Å². The zero-order valence-corrected chi connectivity index (χ0v) is 8.04. The number of hydrogen-bond donors (Lipinski definition) is 0. The molecule has 0 bridgehead atoms. The van der Waals surface area contributed by atoms with Crippen molar-refractivity contribution in [2.45, 2.75) is 45.7 Å². The van der Waals surface area contributed by atoms with Gasteiger partial charge in [0.15, 0.2) is 0 Å². The van der Waals surface area contributed by atoms with E-state index < -0.39 is 0 Å². The molecule has 0 aromatic heterocycles. The number of likely N-dealkylation sites (tertiary alicyclic amines) is 1. The Bertz CT molecular complexity index is 160. The smallest absolute Gasteiger partial charge is 0.410 e. The Hall–Kier alpha value is -0.730. The van der Waals surface area contributed by atoms with Crippen molar-refractivity contribution in [2.75, 3.05) is 6.61 Å². The van der Waals surface area contributed by atoms with Crippen LogP contribution < -0.4 is 0 Å². The van der Waals surface area contributed by atoms with Crippen LogP contribution in [0, 0.1) is 0 Å². The SMILES string of the molecule is CCOC(=O)N1C(C)CCC1C. The molecule has 3 nitrogen and oxygen atoms in total. The minimum Gasteiger partial charge on any atom is -0.450 e. The van der Waals surface area contributed by atoms with Crippen LogP contribution in [0.5, 0.6) is 0 Å². The predicted octanol–water partition coefficient (Wildman–Crippen LogP) is 2.02. The van der Waals surface area contributed by atoms with Crippen molar-refractivity contribution in [1.82, 2.24) is 4.90 Å². The van der Waals surface area contributed by atoms with Gasteiger partial charge in [-0.25, -0.2) is 4.79 Å². The fourth-order valence-electron chi connectivity index (χ4n) is 1.75. The number of amides is 1. The Balaban J connectivity index is 2.53. The van der Waals surface area contributed by atoms with Gasteiger partial charge in [-0.05, 0) is 33.6 Å². The van der Waals surface area contributed by atoms with Crippen LogP contribution in [-0.2, 0) is 4.74 Å². The Morgan fingerprint density at radius 3 is 2.33 bits per heavy atom. The average Bonchev–Trinajstić information content (AvgIpc) is 2.32. The first-order valence-electron chi connectivity index (χ1n) is 4.62. The van der Waals surface area contributed by atoms with Crippen molar-refractivity contribution in [2.24, 2.45) is 0 Å². The summed E-state index contributed by atoms with van der Waals surface area (Å²) < 4.78 is 4.95. The molecule has 1 rings (SSSR count). The molecule has 12 heavy (non-hydrogen) atoms. The van der Waals surface area contributed by atoms with Crippen LogP contribution in [0.25, 0.3) is 0 Å². The van der Waals surface area contributed by atoms with Crippen molar-refractivity contribution < 1.29 is 9.53 Å². The zero-order chi connectivity index (χ0) is 9.14. The van der Waals surface area contributed by atoms with Gasteiger partial charge in [0.25, 0.3) is 0 Å². The van der Waals surface area contributed by atoms with Gasteiger partial charge in [-0.3, -0.25) is 0 Å². The maximum atomic E-state index is 11.4. The summed E-state index contributed by atoms with van der Waals surface area (Å²) in [7, 11) is 0. The van der Waals surface area contributed by atoms with Gasteiger partial charge in [-0.15, -0.1) is 0 Å². The second-order valence-electron chi connectivity index (χ2n) is 3.38. The monoisotopic (exact) mass is 171 g/mol. The highest BCUT2D eigenvalue weighted by atomic mass is 16.6. The van der Waals surface area contributed by atoms with Crippen molar-refractivity contribution >= 4 is 6.09 Å². The van der Waals surface area contributed by atoms with Crippen LogP contribution in [0.4, 0.5) is 4.79 Å². The highest BCUT2D eigenvalue weighted by Crippen LogP contribution is 2.23. The van der Waals surface area contributed by atoms with Crippen LogP contribution in [-0.4, -0.2) is 29.7 Å². The van der Waals surface area contributed by atoms with Crippen LogP contribution in [0.15, 0.2) is 0 Å². The summed E-state index contributed by atoms with van der Waals surface area (Å²) in [6.07, 6.45) is 2.04. The van der Waals surface area contributed by atoms with Gasteiger partial charge in [0.2, 0.25) is 0 Å². The molecule has 1 aliphatic heterocycles. The third-order valence-corrected chi connectivity index (χ3v) is 2.43. The molecule has 0 N–H and O–H groups in total. The van der Waals surface area contributed by atoms with E-state index in [9.17, 15) is 4.79 Å². The zero-order valence-electron chi connectivity index (χ0n) is 8.04. The van der Waals surface area contributed by atoms with Gasteiger partial charge in [0, 0.05) is 12.1 Å². The van der Waals surface area contributed by atoms with E-state index in [0.29, 0.717) is 18.7 Å². The Kier molecular flexibility index (Phi) is 2.95. The molecular weight excluding hydrogens is 154 g/mol. The van der Waals surface area contributed by atoms with Gasteiger partial charge in [-0.2, -0.15) is 0 Å². The molecule has 1 amide bonds. The fraction of sp³-hybridized carbons (Fsp3) is 0.889. The molecule has 0 aromatic carbocycles.